The van der Waals surface area contributed by atoms with Crippen LogP contribution < -0.4 is 5.32 Å². The van der Waals surface area contributed by atoms with Crippen LogP contribution in [0.25, 0.3) is 5.69 Å². The summed E-state index contributed by atoms with van der Waals surface area (Å²) in [5, 5.41) is 21.0. The Morgan fingerprint density at radius 3 is 2.93 bits per heavy atom. The van der Waals surface area contributed by atoms with E-state index in [1.54, 1.807) is 25.1 Å². The molecule has 6 nitrogen and oxygen atoms in total. The van der Waals surface area contributed by atoms with Gasteiger partial charge in [0.1, 0.15) is 23.2 Å². The molecule has 1 atom stereocenters. The fourth-order valence-corrected chi connectivity index (χ4v) is 5.57. The van der Waals surface area contributed by atoms with Crippen molar-refractivity contribution < 1.29 is 9.18 Å². The van der Waals surface area contributed by atoms with Crippen LogP contribution in [-0.2, 0) is 17.6 Å². The predicted octanol–water partition coefficient (Wildman–Crippen LogP) is 4.73. The second-order valence-corrected chi connectivity index (χ2v) is 9.48. The summed E-state index contributed by atoms with van der Waals surface area (Å²) in [5.41, 5.74) is 2.01. The molecule has 1 aliphatic carbocycles. The molecule has 0 spiro atoms. The number of fused-ring (bicyclic) bond motifs is 1. The molecule has 1 amide bonds. The maximum atomic E-state index is 14.1. The summed E-state index contributed by atoms with van der Waals surface area (Å²) in [4.78, 5) is 14.0. The molecule has 0 saturated heterocycles. The number of benzene rings is 1. The molecule has 0 fully saturated rings. The van der Waals surface area contributed by atoms with Gasteiger partial charge in [0.25, 0.3) is 0 Å². The maximum absolute atomic E-state index is 14.1. The van der Waals surface area contributed by atoms with E-state index in [1.807, 2.05) is 0 Å². The highest BCUT2D eigenvalue weighted by molar-refractivity contribution is 8.00. The number of anilines is 1. The molecule has 1 aliphatic rings. The lowest BCUT2D eigenvalue weighted by molar-refractivity contribution is -0.115. The highest BCUT2D eigenvalue weighted by Crippen LogP contribution is 2.37. The van der Waals surface area contributed by atoms with Gasteiger partial charge in [-0.2, -0.15) is 5.26 Å². The van der Waals surface area contributed by atoms with Gasteiger partial charge in [0, 0.05) is 4.88 Å². The summed E-state index contributed by atoms with van der Waals surface area (Å²) >= 11 is 2.70. The highest BCUT2D eigenvalue weighted by Gasteiger charge is 2.24. The molecule has 0 aliphatic heterocycles. The van der Waals surface area contributed by atoms with E-state index in [4.69, 9.17) is 0 Å². The largest absolute Gasteiger partial charge is 0.316 e. The number of aryl methyl sites for hydroxylation is 1. The van der Waals surface area contributed by atoms with Crippen LogP contribution in [-0.4, -0.2) is 25.9 Å². The van der Waals surface area contributed by atoms with Crippen molar-refractivity contribution in [2.45, 2.75) is 49.4 Å². The number of rotatable bonds is 5. The van der Waals surface area contributed by atoms with Crippen molar-refractivity contribution in [3.63, 3.8) is 0 Å². The van der Waals surface area contributed by atoms with Crippen LogP contribution in [0.3, 0.4) is 0 Å². The van der Waals surface area contributed by atoms with Gasteiger partial charge >= 0.3 is 0 Å². The zero-order valence-corrected chi connectivity index (χ0v) is 18.0. The molecule has 30 heavy (non-hydrogen) atoms. The second-order valence-electron chi connectivity index (χ2n) is 7.06. The summed E-state index contributed by atoms with van der Waals surface area (Å²) in [5.74, 6) is -0.619. The SMILES string of the molecule is C[C@H](Sc1nncn1-c1ccccc1F)C(=O)Nc1sc2c(c1C#N)CCCCC2. The molecule has 0 radical (unpaired) electrons. The van der Waals surface area contributed by atoms with Crippen molar-refractivity contribution in [1.29, 1.82) is 5.26 Å². The normalized spacial score (nSPS) is 14.4. The van der Waals surface area contributed by atoms with Crippen LogP contribution in [0, 0.1) is 17.1 Å². The Hall–Kier alpha value is -2.70. The number of thioether (sulfide) groups is 1. The molecule has 0 unspecified atom stereocenters. The first-order valence-corrected chi connectivity index (χ1v) is 11.4. The number of nitrogens with one attached hydrogen (secondary N) is 1. The average molecular weight is 442 g/mol. The van der Waals surface area contributed by atoms with Crippen LogP contribution in [0.5, 0.6) is 0 Å². The second kappa shape index (κ2) is 8.98. The first-order chi connectivity index (χ1) is 14.6. The van der Waals surface area contributed by atoms with Gasteiger partial charge in [-0.25, -0.2) is 4.39 Å². The predicted molar refractivity (Wildman–Crippen MR) is 116 cm³/mol. The molecule has 2 heterocycles. The molecule has 2 aromatic heterocycles. The quantitative estimate of drug-likeness (QED) is 0.457. The van der Waals surface area contributed by atoms with Crippen LogP contribution >= 0.6 is 23.1 Å². The van der Waals surface area contributed by atoms with Gasteiger partial charge in [0.2, 0.25) is 5.91 Å². The molecule has 1 N–H and O–H groups in total. The van der Waals surface area contributed by atoms with Gasteiger partial charge in [-0.05, 0) is 50.3 Å². The van der Waals surface area contributed by atoms with Gasteiger partial charge in [-0.3, -0.25) is 9.36 Å². The number of para-hydroxylation sites is 1. The highest BCUT2D eigenvalue weighted by atomic mass is 32.2. The molecular weight excluding hydrogens is 421 g/mol. The van der Waals surface area contributed by atoms with Crippen LogP contribution in [0.4, 0.5) is 9.39 Å². The third-order valence-electron chi connectivity index (χ3n) is 5.05. The van der Waals surface area contributed by atoms with E-state index in [9.17, 15) is 14.4 Å². The maximum Gasteiger partial charge on any atom is 0.238 e. The lowest BCUT2D eigenvalue weighted by Gasteiger charge is -2.12. The zero-order chi connectivity index (χ0) is 21.1. The molecule has 154 valence electrons. The fourth-order valence-electron chi connectivity index (χ4n) is 3.49. The molecule has 9 heteroatoms. The van der Waals surface area contributed by atoms with Crippen molar-refractivity contribution in [1.82, 2.24) is 14.8 Å². The first kappa shape index (κ1) is 20.6. The number of amides is 1. The number of carbonyl (C=O) groups excluding carboxylic acids is 1. The molecular formula is C21H20FN5OS2. The van der Waals surface area contributed by atoms with E-state index in [-0.39, 0.29) is 5.91 Å². The number of thiophene rings is 1. The summed E-state index contributed by atoms with van der Waals surface area (Å²) in [6.45, 7) is 1.75. The standard InChI is InChI=1S/C21H20FN5OS2/c1-13(29-21-26-24-12-27(21)17-9-6-5-8-16(17)22)19(28)25-20-15(11-23)14-7-3-2-4-10-18(14)30-20/h5-6,8-9,12-13H,2-4,7,10H2,1H3,(H,25,28)/t13-/m0/s1. The third-order valence-corrected chi connectivity index (χ3v) is 7.31. The van der Waals surface area contributed by atoms with Crippen molar-refractivity contribution >= 4 is 34.0 Å². The number of nitrogens with zero attached hydrogens (tertiary/aromatic N) is 4. The fraction of sp³-hybridized carbons (Fsp3) is 0.333. The molecule has 0 bridgehead atoms. The Labute approximate surface area is 182 Å². The van der Waals surface area contributed by atoms with Gasteiger partial charge in [0.05, 0.1) is 16.5 Å². The lowest BCUT2D eigenvalue weighted by Crippen LogP contribution is -2.22. The monoisotopic (exact) mass is 441 g/mol. The van der Waals surface area contributed by atoms with Crippen LogP contribution in [0.15, 0.2) is 35.7 Å². The van der Waals surface area contributed by atoms with Gasteiger partial charge in [0.15, 0.2) is 5.16 Å². The number of carbonyl (C=O) groups is 1. The number of hydrogen-bond donors (Lipinski definition) is 1. The average Bonchev–Trinajstić information content (AvgIpc) is 3.24. The molecule has 1 aromatic carbocycles. The van der Waals surface area contributed by atoms with E-state index in [0.29, 0.717) is 21.4 Å². The van der Waals surface area contributed by atoms with E-state index in [0.717, 1.165) is 31.2 Å². The van der Waals surface area contributed by atoms with Gasteiger partial charge < -0.3 is 5.32 Å². The first-order valence-electron chi connectivity index (χ1n) is 9.75. The van der Waals surface area contributed by atoms with E-state index < -0.39 is 11.1 Å². The summed E-state index contributed by atoms with van der Waals surface area (Å²) in [6, 6.07) is 8.62. The minimum absolute atomic E-state index is 0.226. The Morgan fingerprint density at radius 2 is 2.13 bits per heavy atom. The van der Waals surface area contributed by atoms with Crippen molar-refractivity contribution in [3.05, 3.63) is 52.4 Å². The van der Waals surface area contributed by atoms with Crippen molar-refractivity contribution in [2.75, 3.05) is 5.32 Å². The Kier molecular flexibility index (Phi) is 6.16. The molecule has 4 rings (SSSR count). The lowest BCUT2D eigenvalue weighted by atomic mass is 10.1. The minimum atomic E-state index is -0.506. The molecule has 3 aromatic rings. The Balaban J connectivity index is 1.51. The summed E-state index contributed by atoms with van der Waals surface area (Å²) in [7, 11) is 0. The number of nitriles is 1. The topological polar surface area (TPSA) is 83.6 Å². The Morgan fingerprint density at radius 1 is 1.33 bits per heavy atom. The van der Waals surface area contributed by atoms with Crippen molar-refractivity contribution in [2.24, 2.45) is 0 Å². The van der Waals surface area contributed by atoms with E-state index in [1.165, 1.54) is 51.4 Å². The molecule has 0 saturated carbocycles. The smallest absolute Gasteiger partial charge is 0.238 e. The number of halogens is 1. The van der Waals surface area contributed by atoms with E-state index in [2.05, 4.69) is 21.6 Å². The van der Waals surface area contributed by atoms with Crippen LogP contribution in [0.1, 0.15) is 42.2 Å². The summed E-state index contributed by atoms with van der Waals surface area (Å²) < 4.78 is 15.7. The van der Waals surface area contributed by atoms with Gasteiger partial charge in [-0.15, -0.1) is 21.5 Å². The van der Waals surface area contributed by atoms with Crippen molar-refractivity contribution in [3.8, 4) is 11.8 Å². The van der Waals surface area contributed by atoms with Crippen LogP contribution in [0.2, 0.25) is 0 Å². The minimum Gasteiger partial charge on any atom is -0.316 e. The number of hydrogen-bond acceptors (Lipinski definition) is 6. The number of aromatic nitrogens is 3. The zero-order valence-electron chi connectivity index (χ0n) is 16.4. The third kappa shape index (κ3) is 4.11. The van der Waals surface area contributed by atoms with E-state index >= 15 is 0 Å². The Bertz CT molecular complexity index is 1120. The van der Waals surface area contributed by atoms with Gasteiger partial charge in [-0.1, -0.05) is 30.3 Å². The summed E-state index contributed by atoms with van der Waals surface area (Å²) in [6.07, 6.45) is 6.63.